The number of rotatable bonds is 2. The fraction of sp³-hybridized carbons (Fsp3) is 0.143. The molecule has 0 heterocycles. The van der Waals surface area contributed by atoms with Crippen LogP contribution in [0.25, 0.3) is 0 Å². The van der Waals surface area contributed by atoms with Crippen LogP contribution in [0.5, 0.6) is 5.75 Å². The third-order valence-corrected chi connectivity index (χ3v) is 2.46. The SMILES string of the molecule is O=S([O-])c1ccc(OC(F)(F)F)cc1Cl. The number of ether oxygens (including phenoxy) is 1. The van der Waals surface area contributed by atoms with E-state index in [1.54, 1.807) is 0 Å². The summed E-state index contributed by atoms with van der Waals surface area (Å²) in [4.78, 5) is -0.286. The minimum absolute atomic E-state index is 0.286. The molecule has 0 aliphatic heterocycles. The number of hydrogen-bond donors (Lipinski definition) is 0. The maximum Gasteiger partial charge on any atom is 0.573 e. The van der Waals surface area contributed by atoms with Gasteiger partial charge in [0.15, 0.2) is 0 Å². The van der Waals surface area contributed by atoms with Gasteiger partial charge in [0.05, 0.1) is 5.02 Å². The van der Waals surface area contributed by atoms with Gasteiger partial charge >= 0.3 is 6.36 Å². The monoisotopic (exact) mass is 259 g/mol. The van der Waals surface area contributed by atoms with Gasteiger partial charge in [-0.25, -0.2) is 0 Å². The minimum atomic E-state index is -4.83. The van der Waals surface area contributed by atoms with Gasteiger partial charge in [0.25, 0.3) is 0 Å². The summed E-state index contributed by atoms with van der Waals surface area (Å²) in [7, 11) is 0. The zero-order valence-electron chi connectivity index (χ0n) is 6.88. The first kappa shape index (κ1) is 12.3. The molecule has 3 nitrogen and oxygen atoms in total. The highest BCUT2D eigenvalue weighted by atomic mass is 35.5. The van der Waals surface area contributed by atoms with E-state index in [-0.39, 0.29) is 9.92 Å². The molecular formula is C7H3ClF3O3S-. The van der Waals surface area contributed by atoms with E-state index in [9.17, 15) is 21.9 Å². The van der Waals surface area contributed by atoms with Crippen molar-refractivity contribution in [3.05, 3.63) is 23.2 Å². The predicted octanol–water partition coefficient (Wildman–Crippen LogP) is 2.48. The molecule has 0 amide bonds. The molecule has 0 N–H and O–H groups in total. The van der Waals surface area contributed by atoms with Crippen molar-refractivity contribution in [1.29, 1.82) is 0 Å². The topological polar surface area (TPSA) is 49.4 Å². The summed E-state index contributed by atoms with van der Waals surface area (Å²) in [5, 5.41) is -0.329. The van der Waals surface area contributed by atoms with Crippen molar-refractivity contribution in [3.63, 3.8) is 0 Å². The standard InChI is InChI=1S/C7H4ClF3O3S/c8-5-3-4(14-7(9,10)11)1-2-6(5)15(12)13/h1-3H,(H,12,13)/p-1. The average Bonchev–Trinajstić information content (AvgIpc) is 1.99. The first-order chi connectivity index (χ1) is 6.79. The molecule has 1 rings (SSSR count). The molecule has 0 fully saturated rings. The fourth-order valence-corrected chi connectivity index (χ4v) is 1.57. The molecule has 0 spiro atoms. The lowest BCUT2D eigenvalue weighted by atomic mass is 10.3. The molecular weight excluding hydrogens is 257 g/mol. The molecule has 1 aromatic carbocycles. The molecule has 84 valence electrons. The average molecular weight is 260 g/mol. The Labute approximate surface area is 90.1 Å². The van der Waals surface area contributed by atoms with E-state index in [0.717, 1.165) is 18.2 Å². The molecule has 0 radical (unpaired) electrons. The van der Waals surface area contributed by atoms with Crippen LogP contribution in [0.2, 0.25) is 5.02 Å². The molecule has 1 unspecified atom stereocenters. The maximum atomic E-state index is 11.7. The molecule has 0 aromatic heterocycles. The molecule has 0 saturated carbocycles. The van der Waals surface area contributed by atoms with Crippen LogP contribution in [0.1, 0.15) is 0 Å². The summed E-state index contributed by atoms with van der Waals surface area (Å²) in [6.07, 6.45) is -4.83. The van der Waals surface area contributed by atoms with E-state index < -0.39 is 23.2 Å². The van der Waals surface area contributed by atoms with Crippen LogP contribution in [0.3, 0.4) is 0 Å². The van der Waals surface area contributed by atoms with Crippen LogP contribution in [-0.2, 0) is 11.1 Å². The summed E-state index contributed by atoms with van der Waals surface area (Å²) >= 11 is 2.82. The summed E-state index contributed by atoms with van der Waals surface area (Å²) in [6.45, 7) is 0. The molecule has 0 saturated heterocycles. The zero-order chi connectivity index (χ0) is 11.6. The normalized spacial score (nSPS) is 13.7. The summed E-state index contributed by atoms with van der Waals surface area (Å²) in [5.41, 5.74) is 0. The fourth-order valence-electron chi connectivity index (χ4n) is 0.814. The van der Waals surface area contributed by atoms with Gasteiger partial charge in [0, 0.05) is 11.0 Å². The van der Waals surface area contributed by atoms with Crippen molar-refractivity contribution in [2.45, 2.75) is 11.3 Å². The first-order valence-electron chi connectivity index (χ1n) is 3.44. The zero-order valence-corrected chi connectivity index (χ0v) is 8.45. The van der Waals surface area contributed by atoms with Crippen LogP contribution in [-0.4, -0.2) is 15.1 Å². The quantitative estimate of drug-likeness (QED) is 0.767. The summed E-state index contributed by atoms with van der Waals surface area (Å²) in [5.74, 6) is -0.568. The Hall–Kier alpha value is -0.790. The van der Waals surface area contributed by atoms with Gasteiger partial charge in [-0.3, -0.25) is 4.21 Å². The van der Waals surface area contributed by atoms with Gasteiger partial charge in [0.2, 0.25) is 0 Å². The van der Waals surface area contributed by atoms with Gasteiger partial charge < -0.3 is 9.29 Å². The second kappa shape index (κ2) is 4.38. The second-order valence-electron chi connectivity index (χ2n) is 2.37. The maximum absolute atomic E-state index is 11.7. The van der Waals surface area contributed by atoms with E-state index in [1.807, 2.05) is 0 Å². The van der Waals surface area contributed by atoms with E-state index >= 15 is 0 Å². The molecule has 0 aliphatic carbocycles. The highest BCUT2D eigenvalue weighted by Gasteiger charge is 2.31. The Morgan fingerprint density at radius 2 is 2.00 bits per heavy atom. The molecule has 15 heavy (non-hydrogen) atoms. The third kappa shape index (κ3) is 3.69. The number of hydrogen-bond acceptors (Lipinski definition) is 3. The van der Waals surface area contributed by atoms with Crippen molar-refractivity contribution in [1.82, 2.24) is 0 Å². The van der Waals surface area contributed by atoms with Crippen LogP contribution in [0.15, 0.2) is 23.1 Å². The first-order valence-corrected chi connectivity index (χ1v) is 4.89. The van der Waals surface area contributed by atoms with Gasteiger partial charge in [-0.05, 0) is 23.2 Å². The number of benzene rings is 1. The number of alkyl halides is 3. The Bertz CT molecular complexity index is 394. The summed E-state index contributed by atoms with van der Waals surface area (Å²) < 4.78 is 59.7. The van der Waals surface area contributed by atoms with Crippen molar-refractivity contribution in [2.24, 2.45) is 0 Å². The van der Waals surface area contributed by atoms with E-state index in [4.69, 9.17) is 11.6 Å². The molecule has 1 atom stereocenters. The number of halogens is 4. The van der Waals surface area contributed by atoms with Gasteiger partial charge in [-0.1, -0.05) is 11.6 Å². The highest BCUT2D eigenvalue weighted by molar-refractivity contribution is 7.79. The van der Waals surface area contributed by atoms with E-state index in [0.29, 0.717) is 0 Å². The molecule has 0 aliphatic rings. The Balaban J connectivity index is 2.97. The second-order valence-corrected chi connectivity index (χ2v) is 3.69. The van der Waals surface area contributed by atoms with Gasteiger partial charge in [-0.2, -0.15) is 0 Å². The van der Waals surface area contributed by atoms with Gasteiger partial charge in [0.1, 0.15) is 5.75 Å². The Morgan fingerprint density at radius 1 is 1.40 bits per heavy atom. The lowest BCUT2D eigenvalue weighted by Crippen LogP contribution is -2.17. The smallest absolute Gasteiger partial charge is 0.573 e. The van der Waals surface area contributed by atoms with Gasteiger partial charge in [-0.15, -0.1) is 13.2 Å². The van der Waals surface area contributed by atoms with E-state index in [1.165, 1.54) is 0 Å². The van der Waals surface area contributed by atoms with Crippen LogP contribution in [0.4, 0.5) is 13.2 Å². The van der Waals surface area contributed by atoms with Crippen molar-refractivity contribution < 1.29 is 26.7 Å². The lowest BCUT2D eigenvalue weighted by Gasteiger charge is -2.11. The van der Waals surface area contributed by atoms with E-state index in [2.05, 4.69) is 4.74 Å². The molecule has 8 heteroatoms. The predicted molar refractivity (Wildman–Crippen MR) is 45.3 cm³/mol. The third-order valence-electron chi connectivity index (χ3n) is 1.32. The lowest BCUT2D eigenvalue weighted by molar-refractivity contribution is -0.274. The Morgan fingerprint density at radius 3 is 2.40 bits per heavy atom. The van der Waals surface area contributed by atoms with Crippen molar-refractivity contribution in [2.75, 3.05) is 0 Å². The summed E-state index contributed by atoms with van der Waals surface area (Å²) in [6, 6.07) is 2.57. The molecule has 1 aromatic rings. The van der Waals surface area contributed by atoms with Crippen molar-refractivity contribution in [3.8, 4) is 5.75 Å². The largest absolute Gasteiger partial charge is 0.768 e. The van der Waals surface area contributed by atoms with Crippen LogP contribution >= 0.6 is 11.6 Å². The highest BCUT2D eigenvalue weighted by Crippen LogP contribution is 2.28. The van der Waals surface area contributed by atoms with Crippen LogP contribution < -0.4 is 4.74 Å². The minimum Gasteiger partial charge on any atom is -0.768 e. The van der Waals surface area contributed by atoms with Crippen molar-refractivity contribution >= 4 is 22.7 Å². The Kier molecular flexibility index (Phi) is 3.58. The molecule has 0 bridgehead atoms. The van der Waals surface area contributed by atoms with Crippen LogP contribution in [0, 0.1) is 0 Å².